The molecule has 0 aliphatic heterocycles. The second-order valence-electron chi connectivity index (χ2n) is 5.40. The molecule has 7 nitrogen and oxygen atoms in total. The molecular weight excluding hydrogens is 262 g/mol. The lowest BCUT2D eigenvalue weighted by atomic mass is 10.1. The number of amides is 1. The Morgan fingerprint density at radius 1 is 1.50 bits per heavy atom. The van der Waals surface area contributed by atoms with Gasteiger partial charge in [0.2, 0.25) is 0 Å². The molecule has 0 spiro atoms. The summed E-state index contributed by atoms with van der Waals surface area (Å²) in [6.07, 6.45) is 2.27. The van der Waals surface area contributed by atoms with Crippen LogP contribution in [0.4, 0.5) is 4.79 Å². The second-order valence-corrected chi connectivity index (χ2v) is 5.40. The van der Waals surface area contributed by atoms with Gasteiger partial charge in [0, 0.05) is 6.54 Å². The number of carbonyl (C=O) groups is 2. The van der Waals surface area contributed by atoms with Gasteiger partial charge < -0.3 is 19.7 Å². The Hall–Kier alpha value is -2.05. The highest BCUT2D eigenvalue weighted by atomic mass is 16.6. The highest BCUT2D eigenvalue weighted by Gasteiger charge is 2.24. The number of aryl methyl sites for hydroxylation is 1. The smallest absolute Gasteiger partial charge is 0.408 e. The fourth-order valence-electron chi connectivity index (χ4n) is 1.74. The molecule has 0 bridgehead atoms. The molecule has 0 aromatic carbocycles. The van der Waals surface area contributed by atoms with Gasteiger partial charge in [-0.2, -0.15) is 0 Å². The molecule has 0 fully saturated rings. The van der Waals surface area contributed by atoms with Crippen molar-refractivity contribution in [3.8, 4) is 0 Å². The van der Waals surface area contributed by atoms with E-state index in [0.717, 1.165) is 0 Å². The molecule has 0 saturated carbocycles. The van der Waals surface area contributed by atoms with E-state index in [9.17, 15) is 9.59 Å². The van der Waals surface area contributed by atoms with Crippen LogP contribution in [-0.2, 0) is 16.1 Å². The number of carboxylic acids is 1. The van der Waals surface area contributed by atoms with Crippen molar-refractivity contribution >= 4 is 12.1 Å². The van der Waals surface area contributed by atoms with E-state index in [2.05, 4.69) is 10.3 Å². The molecule has 1 heterocycles. The van der Waals surface area contributed by atoms with Crippen LogP contribution < -0.4 is 5.32 Å². The molecule has 1 aromatic rings. The standard InChI is InChI=1S/C13H21N3O4/c1-5-16-8-14-7-10(16)9(6-11(17)18)15-12(19)20-13(2,3)4/h7-9H,5-6H2,1-4H3,(H,15,19)(H,17,18)/t9-/m1/s1. The minimum Gasteiger partial charge on any atom is -0.481 e. The molecule has 1 aromatic heterocycles. The second kappa shape index (κ2) is 6.40. The molecule has 2 N–H and O–H groups in total. The van der Waals surface area contributed by atoms with Crippen LogP contribution in [0.3, 0.4) is 0 Å². The van der Waals surface area contributed by atoms with Gasteiger partial charge in [-0.15, -0.1) is 0 Å². The normalized spacial score (nSPS) is 12.8. The minimum absolute atomic E-state index is 0.231. The molecule has 0 saturated heterocycles. The van der Waals surface area contributed by atoms with Crippen LogP contribution in [0.15, 0.2) is 12.5 Å². The predicted molar refractivity (Wildman–Crippen MR) is 72.3 cm³/mol. The first-order chi connectivity index (χ1) is 9.23. The third-order valence-corrected chi connectivity index (χ3v) is 2.51. The number of hydrogen-bond donors (Lipinski definition) is 2. The monoisotopic (exact) mass is 283 g/mol. The van der Waals surface area contributed by atoms with Gasteiger partial charge in [-0.3, -0.25) is 4.79 Å². The third kappa shape index (κ3) is 4.91. The van der Waals surface area contributed by atoms with Gasteiger partial charge in [0.05, 0.1) is 30.7 Å². The fraction of sp³-hybridized carbons (Fsp3) is 0.615. The van der Waals surface area contributed by atoms with Crippen LogP contribution in [0.2, 0.25) is 0 Å². The number of alkyl carbamates (subject to hydrolysis) is 1. The Balaban J connectivity index is 2.85. The van der Waals surface area contributed by atoms with Crippen LogP contribution in [0.25, 0.3) is 0 Å². The number of rotatable bonds is 5. The summed E-state index contributed by atoms with van der Waals surface area (Å²) in [5.41, 5.74) is 0.00354. The Morgan fingerprint density at radius 2 is 2.15 bits per heavy atom. The van der Waals surface area contributed by atoms with E-state index < -0.39 is 23.7 Å². The van der Waals surface area contributed by atoms with Crippen LogP contribution >= 0.6 is 0 Å². The third-order valence-electron chi connectivity index (χ3n) is 2.51. The lowest BCUT2D eigenvalue weighted by Crippen LogP contribution is -2.36. The highest BCUT2D eigenvalue weighted by molar-refractivity contribution is 5.72. The number of ether oxygens (including phenoxy) is 1. The number of imidazole rings is 1. The summed E-state index contributed by atoms with van der Waals surface area (Å²) in [5, 5.41) is 11.5. The number of carbonyl (C=O) groups excluding carboxylic acids is 1. The summed E-state index contributed by atoms with van der Waals surface area (Å²) in [5.74, 6) is -1.00. The van der Waals surface area contributed by atoms with Crippen molar-refractivity contribution in [3.05, 3.63) is 18.2 Å². The largest absolute Gasteiger partial charge is 0.481 e. The first-order valence-electron chi connectivity index (χ1n) is 6.44. The minimum atomic E-state index is -1.00. The van der Waals surface area contributed by atoms with Crippen molar-refractivity contribution < 1.29 is 19.4 Å². The van der Waals surface area contributed by atoms with Crippen molar-refractivity contribution in [3.63, 3.8) is 0 Å². The zero-order valence-electron chi connectivity index (χ0n) is 12.2. The first kappa shape index (κ1) is 16.0. The van der Waals surface area contributed by atoms with Gasteiger partial charge in [-0.05, 0) is 27.7 Å². The Morgan fingerprint density at radius 3 is 2.65 bits per heavy atom. The molecule has 20 heavy (non-hydrogen) atoms. The molecule has 1 rings (SSSR count). The van der Waals surface area contributed by atoms with E-state index in [-0.39, 0.29) is 6.42 Å². The Kier molecular flexibility index (Phi) is 5.12. The summed E-state index contributed by atoms with van der Waals surface area (Å²) in [6.45, 7) is 7.79. The van der Waals surface area contributed by atoms with E-state index in [1.54, 1.807) is 37.9 Å². The number of hydrogen-bond acceptors (Lipinski definition) is 4. The number of nitrogens with one attached hydrogen (secondary N) is 1. The average Bonchev–Trinajstić information content (AvgIpc) is 2.72. The topological polar surface area (TPSA) is 93.5 Å². The molecule has 1 amide bonds. The number of nitrogens with zero attached hydrogens (tertiary/aromatic N) is 2. The molecule has 0 aliphatic rings. The van der Waals surface area contributed by atoms with Gasteiger partial charge in [0.1, 0.15) is 5.60 Å². The van der Waals surface area contributed by atoms with Crippen LogP contribution in [0, 0.1) is 0 Å². The van der Waals surface area contributed by atoms with Gasteiger partial charge >= 0.3 is 12.1 Å². The van der Waals surface area contributed by atoms with Crippen molar-refractivity contribution in [2.75, 3.05) is 0 Å². The number of aliphatic carboxylic acids is 1. The molecule has 1 atom stereocenters. The van der Waals surface area contributed by atoms with Crippen LogP contribution in [0.5, 0.6) is 0 Å². The SMILES string of the molecule is CCn1cncc1[C@@H](CC(=O)O)NC(=O)OC(C)(C)C. The quantitative estimate of drug-likeness (QED) is 0.861. The summed E-state index contributed by atoms with van der Waals surface area (Å²) < 4.78 is 6.93. The predicted octanol–water partition coefficient (Wildman–Crippen LogP) is 1.94. The van der Waals surface area contributed by atoms with E-state index in [1.165, 1.54) is 0 Å². The average molecular weight is 283 g/mol. The van der Waals surface area contributed by atoms with Gasteiger partial charge in [0.25, 0.3) is 0 Å². The van der Waals surface area contributed by atoms with Crippen molar-refractivity contribution in [2.45, 2.75) is 52.3 Å². The molecule has 112 valence electrons. The summed E-state index contributed by atoms with van der Waals surface area (Å²) in [6, 6.07) is -0.676. The molecule has 0 aliphatic carbocycles. The maximum Gasteiger partial charge on any atom is 0.408 e. The molecule has 0 unspecified atom stereocenters. The molecule has 0 radical (unpaired) electrons. The zero-order valence-corrected chi connectivity index (χ0v) is 12.2. The van der Waals surface area contributed by atoms with Crippen LogP contribution in [-0.4, -0.2) is 32.3 Å². The van der Waals surface area contributed by atoms with E-state index in [4.69, 9.17) is 9.84 Å². The molecule has 7 heteroatoms. The van der Waals surface area contributed by atoms with Crippen molar-refractivity contribution in [1.82, 2.24) is 14.9 Å². The van der Waals surface area contributed by atoms with E-state index in [0.29, 0.717) is 12.2 Å². The van der Waals surface area contributed by atoms with E-state index >= 15 is 0 Å². The highest BCUT2D eigenvalue weighted by Crippen LogP contribution is 2.18. The van der Waals surface area contributed by atoms with Gasteiger partial charge in [-0.1, -0.05) is 0 Å². The number of carboxylic acid groups (broad SMARTS) is 1. The van der Waals surface area contributed by atoms with Gasteiger partial charge in [0.15, 0.2) is 0 Å². The van der Waals surface area contributed by atoms with Gasteiger partial charge in [-0.25, -0.2) is 9.78 Å². The lowest BCUT2D eigenvalue weighted by Gasteiger charge is -2.23. The van der Waals surface area contributed by atoms with Crippen molar-refractivity contribution in [1.29, 1.82) is 0 Å². The van der Waals surface area contributed by atoms with Crippen molar-refractivity contribution in [2.24, 2.45) is 0 Å². The first-order valence-corrected chi connectivity index (χ1v) is 6.44. The fourth-order valence-corrected chi connectivity index (χ4v) is 1.74. The maximum absolute atomic E-state index is 11.8. The summed E-state index contributed by atoms with van der Waals surface area (Å²) in [7, 11) is 0. The number of aromatic nitrogens is 2. The maximum atomic E-state index is 11.8. The lowest BCUT2D eigenvalue weighted by molar-refractivity contribution is -0.137. The van der Waals surface area contributed by atoms with Crippen LogP contribution in [0.1, 0.15) is 45.9 Å². The Bertz CT molecular complexity index is 476. The molecular formula is C13H21N3O4. The summed E-state index contributed by atoms with van der Waals surface area (Å²) in [4.78, 5) is 26.7. The zero-order chi connectivity index (χ0) is 15.3. The Labute approximate surface area is 118 Å². The van der Waals surface area contributed by atoms with E-state index in [1.807, 2.05) is 6.92 Å². The summed E-state index contributed by atoms with van der Waals surface area (Å²) >= 11 is 0.